The van der Waals surface area contributed by atoms with Crippen LogP contribution in [0.15, 0.2) is 24.4 Å². The van der Waals surface area contributed by atoms with E-state index in [1.54, 1.807) is 30.3 Å². The molecule has 2 aromatic rings. The lowest BCUT2D eigenvalue weighted by molar-refractivity contribution is -0.122. The van der Waals surface area contributed by atoms with Crippen molar-refractivity contribution in [2.24, 2.45) is 5.41 Å². The second-order valence-corrected chi connectivity index (χ2v) is 11.4. The monoisotopic (exact) mass is 519 g/mol. The molecule has 1 aromatic carbocycles. The van der Waals surface area contributed by atoms with Gasteiger partial charge >= 0.3 is 0 Å². The molecule has 1 spiro atoms. The minimum atomic E-state index is -0.292. The van der Waals surface area contributed by atoms with E-state index in [0.717, 1.165) is 56.7 Å². The first-order valence-corrected chi connectivity index (χ1v) is 13.7. The minimum absolute atomic E-state index is 0.106. The highest BCUT2D eigenvalue weighted by molar-refractivity contribution is 6.03. The summed E-state index contributed by atoms with van der Waals surface area (Å²) >= 11 is 0. The number of ether oxygens (including phenoxy) is 1. The summed E-state index contributed by atoms with van der Waals surface area (Å²) in [5.74, 6) is 1.85. The summed E-state index contributed by atoms with van der Waals surface area (Å²) < 4.78 is 5.63. The molecule has 0 radical (unpaired) electrons. The number of carbonyl (C=O) groups is 2. The molecule has 3 heterocycles. The van der Waals surface area contributed by atoms with Gasteiger partial charge in [0.25, 0.3) is 5.91 Å². The first kappa shape index (κ1) is 24.9. The molecule has 202 valence electrons. The summed E-state index contributed by atoms with van der Waals surface area (Å²) in [7, 11) is 5.49. The zero-order valence-corrected chi connectivity index (χ0v) is 22.5. The van der Waals surface area contributed by atoms with E-state index in [4.69, 9.17) is 9.72 Å². The van der Waals surface area contributed by atoms with Gasteiger partial charge in [0.15, 0.2) is 5.82 Å². The molecule has 2 saturated carbocycles. The van der Waals surface area contributed by atoms with Crippen LogP contribution in [-0.2, 0) is 4.79 Å². The molecule has 0 bridgehead atoms. The highest BCUT2D eigenvalue weighted by atomic mass is 16.5. The number of amides is 2. The summed E-state index contributed by atoms with van der Waals surface area (Å²) in [4.78, 5) is 42.0. The van der Waals surface area contributed by atoms with Crippen molar-refractivity contribution in [3.8, 4) is 5.75 Å². The van der Waals surface area contributed by atoms with Crippen LogP contribution in [0.2, 0.25) is 0 Å². The molecule has 4 aliphatic rings. The topological polar surface area (TPSA) is 103 Å². The number of hydrogen-bond donors (Lipinski definition) is 2. The zero-order valence-electron chi connectivity index (χ0n) is 22.5. The van der Waals surface area contributed by atoms with Crippen molar-refractivity contribution in [1.82, 2.24) is 20.2 Å². The molecule has 38 heavy (non-hydrogen) atoms. The Morgan fingerprint density at radius 3 is 2.63 bits per heavy atom. The molecular formula is C28H37N7O3. The Kier molecular flexibility index (Phi) is 6.37. The van der Waals surface area contributed by atoms with Gasteiger partial charge in [-0.2, -0.15) is 4.98 Å². The lowest BCUT2D eigenvalue weighted by Gasteiger charge is -2.31. The second-order valence-electron chi connectivity index (χ2n) is 11.4. The molecule has 6 rings (SSSR count). The van der Waals surface area contributed by atoms with E-state index in [1.165, 1.54) is 12.8 Å². The minimum Gasteiger partial charge on any atom is -0.495 e. The zero-order chi connectivity index (χ0) is 26.4. The number of nitrogens with zero attached hydrogens (tertiary/aromatic N) is 5. The Morgan fingerprint density at radius 2 is 1.95 bits per heavy atom. The number of likely N-dealkylation sites (tertiary alicyclic amines) is 1. The molecule has 10 nitrogen and oxygen atoms in total. The summed E-state index contributed by atoms with van der Waals surface area (Å²) in [5, 5.41) is 6.41. The van der Waals surface area contributed by atoms with Crippen LogP contribution in [0.4, 0.5) is 23.1 Å². The number of rotatable bonds is 6. The van der Waals surface area contributed by atoms with E-state index in [1.807, 2.05) is 13.1 Å². The highest BCUT2D eigenvalue weighted by Gasteiger charge is 2.55. The summed E-state index contributed by atoms with van der Waals surface area (Å²) in [6.07, 6.45) is 9.22. The van der Waals surface area contributed by atoms with Gasteiger partial charge in [-0.15, -0.1) is 0 Å². The fourth-order valence-electron chi connectivity index (χ4n) is 6.23. The molecule has 2 aliphatic carbocycles. The average molecular weight is 520 g/mol. The van der Waals surface area contributed by atoms with Gasteiger partial charge in [0.2, 0.25) is 11.9 Å². The first-order chi connectivity index (χ1) is 18.4. The molecule has 1 atom stereocenters. The lowest BCUT2D eigenvalue weighted by atomic mass is 10.0. The molecule has 1 unspecified atom stereocenters. The maximum absolute atomic E-state index is 13.3. The van der Waals surface area contributed by atoms with Crippen LogP contribution >= 0.6 is 0 Å². The number of nitrogens with one attached hydrogen (secondary N) is 2. The fraction of sp³-hybridized carbons (Fsp3) is 0.571. The number of anilines is 4. The van der Waals surface area contributed by atoms with Gasteiger partial charge in [0.05, 0.1) is 24.4 Å². The Balaban J connectivity index is 1.26. The Morgan fingerprint density at radius 1 is 1.16 bits per heavy atom. The van der Waals surface area contributed by atoms with E-state index in [2.05, 4.69) is 32.5 Å². The van der Waals surface area contributed by atoms with Crippen LogP contribution in [0.25, 0.3) is 0 Å². The van der Waals surface area contributed by atoms with E-state index in [9.17, 15) is 9.59 Å². The maximum atomic E-state index is 13.3. The van der Waals surface area contributed by atoms with Crippen molar-refractivity contribution >= 4 is 35.0 Å². The van der Waals surface area contributed by atoms with Crippen molar-refractivity contribution in [3.63, 3.8) is 0 Å². The number of hydrogen-bond acceptors (Lipinski definition) is 8. The third-order valence-electron chi connectivity index (χ3n) is 8.67. The van der Waals surface area contributed by atoms with Crippen molar-refractivity contribution in [2.75, 3.05) is 56.0 Å². The van der Waals surface area contributed by atoms with Crippen molar-refractivity contribution in [3.05, 3.63) is 30.0 Å². The molecule has 3 fully saturated rings. The number of aromatic nitrogens is 2. The average Bonchev–Trinajstić information content (AvgIpc) is 3.30. The van der Waals surface area contributed by atoms with Crippen LogP contribution in [0, 0.1) is 5.41 Å². The smallest absolute Gasteiger partial charge is 0.251 e. The van der Waals surface area contributed by atoms with Crippen LogP contribution in [-0.4, -0.2) is 79.6 Å². The fourth-order valence-corrected chi connectivity index (χ4v) is 6.23. The third-order valence-corrected chi connectivity index (χ3v) is 8.67. The summed E-state index contributed by atoms with van der Waals surface area (Å²) in [6.45, 7) is 2.56. The summed E-state index contributed by atoms with van der Waals surface area (Å²) in [6, 6.07) is 5.91. The highest BCUT2D eigenvalue weighted by Crippen LogP contribution is 2.52. The molecule has 2 N–H and O–H groups in total. The second kappa shape index (κ2) is 9.72. The normalized spacial score (nSPS) is 22.9. The van der Waals surface area contributed by atoms with Gasteiger partial charge in [-0.05, 0) is 63.9 Å². The Labute approximate surface area is 223 Å². The van der Waals surface area contributed by atoms with E-state index in [0.29, 0.717) is 35.5 Å². The lowest BCUT2D eigenvalue weighted by Crippen LogP contribution is -2.41. The molecule has 2 amide bonds. The predicted molar refractivity (Wildman–Crippen MR) is 146 cm³/mol. The largest absolute Gasteiger partial charge is 0.495 e. The van der Waals surface area contributed by atoms with Gasteiger partial charge in [0, 0.05) is 37.8 Å². The van der Waals surface area contributed by atoms with Crippen LogP contribution in [0.1, 0.15) is 55.3 Å². The first-order valence-electron chi connectivity index (χ1n) is 13.7. The van der Waals surface area contributed by atoms with Crippen molar-refractivity contribution in [2.45, 2.75) is 57.0 Å². The molecule has 1 saturated heterocycles. The van der Waals surface area contributed by atoms with Crippen LogP contribution in [0.5, 0.6) is 5.75 Å². The summed E-state index contributed by atoms with van der Waals surface area (Å²) in [5.41, 5.74) is 1.69. The van der Waals surface area contributed by atoms with Crippen molar-refractivity contribution < 1.29 is 14.3 Å². The SMILES string of the molecule is COc1cc(C(=O)NC2CCN(C)C2)ccc1Nc1ncc2c(n1)N(C1CCCC1)CC1(CC1)C(=O)N2C. The third kappa shape index (κ3) is 4.55. The van der Waals surface area contributed by atoms with Gasteiger partial charge in [-0.3, -0.25) is 9.59 Å². The number of carbonyl (C=O) groups excluding carboxylic acids is 2. The van der Waals surface area contributed by atoms with Gasteiger partial charge in [-0.1, -0.05) is 12.8 Å². The van der Waals surface area contributed by atoms with Crippen molar-refractivity contribution in [1.29, 1.82) is 0 Å². The van der Waals surface area contributed by atoms with Gasteiger partial charge in [-0.25, -0.2) is 4.98 Å². The molecule has 2 aliphatic heterocycles. The predicted octanol–water partition coefficient (Wildman–Crippen LogP) is 3.17. The molecule has 1 aromatic heterocycles. The number of methoxy groups -OCH3 is 1. The number of likely N-dealkylation sites (N-methyl/N-ethyl adjacent to an activating group) is 1. The Bertz CT molecular complexity index is 1240. The van der Waals surface area contributed by atoms with E-state index >= 15 is 0 Å². The van der Waals surface area contributed by atoms with Crippen LogP contribution in [0.3, 0.4) is 0 Å². The standard InChI is InChI=1S/C28H37N7O3/c1-33-13-10-19(16-33)30-25(36)18-8-9-21(23(14-18)38-3)31-27-29-15-22-24(32-27)35(20-6-4-5-7-20)17-28(11-12-28)26(37)34(22)2/h8-9,14-15,19-20H,4-7,10-13,16-17H2,1-3H3,(H,30,36)(H,29,31,32). The molecule has 10 heteroatoms. The quantitative estimate of drug-likeness (QED) is 0.600. The number of fused-ring (bicyclic) bond motifs is 1. The van der Waals surface area contributed by atoms with E-state index < -0.39 is 0 Å². The van der Waals surface area contributed by atoms with Crippen LogP contribution < -0.4 is 25.2 Å². The number of benzene rings is 1. The van der Waals surface area contributed by atoms with Gasteiger partial charge < -0.3 is 30.1 Å². The molecular weight excluding hydrogens is 482 g/mol. The maximum Gasteiger partial charge on any atom is 0.251 e. The Hall–Kier alpha value is -3.40. The van der Waals surface area contributed by atoms with E-state index in [-0.39, 0.29) is 23.3 Å². The van der Waals surface area contributed by atoms with Gasteiger partial charge in [0.1, 0.15) is 11.4 Å².